The Balaban J connectivity index is 1.71. The van der Waals surface area contributed by atoms with Crippen LogP contribution in [-0.4, -0.2) is 22.0 Å². The number of carbonyl (C=O) groups is 1. The number of imidazole rings is 1. The van der Waals surface area contributed by atoms with Gasteiger partial charge in [-0.05, 0) is 50.2 Å². The van der Waals surface area contributed by atoms with E-state index in [1.807, 2.05) is 18.2 Å². The van der Waals surface area contributed by atoms with E-state index in [4.69, 9.17) is 4.98 Å². The molecule has 0 radical (unpaired) electrons. The van der Waals surface area contributed by atoms with Gasteiger partial charge in [0.25, 0.3) is 0 Å². The summed E-state index contributed by atoms with van der Waals surface area (Å²) < 4.78 is 15.4. The molecule has 1 saturated heterocycles. The molecule has 4 nitrogen and oxygen atoms in total. The minimum atomic E-state index is -0.298. The van der Waals surface area contributed by atoms with Gasteiger partial charge in [-0.2, -0.15) is 0 Å². The first-order valence-electron chi connectivity index (χ1n) is 8.57. The number of carbonyl (C=O) groups excluding carboxylic acids is 1. The Morgan fingerprint density at radius 2 is 1.84 bits per heavy atom. The van der Waals surface area contributed by atoms with E-state index in [-0.39, 0.29) is 23.7 Å². The first-order chi connectivity index (χ1) is 12.0. The third kappa shape index (κ3) is 2.69. The zero-order valence-electron chi connectivity index (χ0n) is 14.3. The highest BCUT2D eigenvalue weighted by atomic mass is 19.1. The maximum Gasteiger partial charge on any atom is 0.227 e. The Morgan fingerprint density at radius 1 is 1.12 bits per heavy atom. The Hall–Kier alpha value is -2.69. The van der Waals surface area contributed by atoms with Crippen LogP contribution in [0.25, 0.3) is 11.0 Å². The molecule has 0 aliphatic carbocycles. The molecule has 4 rings (SSSR count). The number of aromatic nitrogens is 2. The highest BCUT2D eigenvalue weighted by molar-refractivity contribution is 5.96. The zero-order chi connectivity index (χ0) is 17.6. The summed E-state index contributed by atoms with van der Waals surface area (Å²) in [7, 11) is 0. The highest BCUT2D eigenvalue weighted by Gasteiger charge is 2.35. The van der Waals surface area contributed by atoms with Crippen molar-refractivity contribution in [3.8, 4) is 0 Å². The minimum Gasteiger partial charge on any atom is -0.325 e. The second-order valence-electron chi connectivity index (χ2n) is 6.80. The van der Waals surface area contributed by atoms with Crippen LogP contribution in [0.2, 0.25) is 0 Å². The number of benzene rings is 2. The molecule has 25 heavy (non-hydrogen) atoms. The molecule has 1 atom stereocenters. The van der Waals surface area contributed by atoms with Crippen molar-refractivity contribution < 1.29 is 9.18 Å². The van der Waals surface area contributed by atoms with E-state index in [1.54, 1.807) is 17.0 Å². The monoisotopic (exact) mass is 337 g/mol. The van der Waals surface area contributed by atoms with Crippen LogP contribution in [0.4, 0.5) is 10.1 Å². The van der Waals surface area contributed by atoms with Gasteiger partial charge in [0.1, 0.15) is 11.6 Å². The second-order valence-corrected chi connectivity index (χ2v) is 6.80. The third-order valence-electron chi connectivity index (χ3n) is 4.77. The van der Waals surface area contributed by atoms with E-state index in [0.29, 0.717) is 13.0 Å². The van der Waals surface area contributed by atoms with Crippen molar-refractivity contribution in [2.45, 2.75) is 32.2 Å². The van der Waals surface area contributed by atoms with Gasteiger partial charge in [-0.25, -0.2) is 9.37 Å². The number of para-hydroxylation sites is 2. The summed E-state index contributed by atoms with van der Waals surface area (Å²) >= 11 is 0. The van der Waals surface area contributed by atoms with Crippen LogP contribution in [-0.2, 0) is 4.79 Å². The van der Waals surface area contributed by atoms with Gasteiger partial charge >= 0.3 is 0 Å². The number of amides is 1. The first kappa shape index (κ1) is 15.8. The van der Waals surface area contributed by atoms with Crippen LogP contribution >= 0.6 is 0 Å². The van der Waals surface area contributed by atoms with Crippen LogP contribution < -0.4 is 4.90 Å². The SMILES string of the molecule is CC(C)n1c(C2CC(=O)N(c3ccc(F)cc3)C2)nc2ccccc21. The zero-order valence-corrected chi connectivity index (χ0v) is 14.3. The number of hydrogen-bond acceptors (Lipinski definition) is 2. The van der Waals surface area contributed by atoms with Crippen molar-refractivity contribution in [1.29, 1.82) is 0 Å². The van der Waals surface area contributed by atoms with E-state index in [9.17, 15) is 9.18 Å². The highest BCUT2D eigenvalue weighted by Crippen LogP contribution is 2.34. The van der Waals surface area contributed by atoms with Crippen molar-refractivity contribution in [2.24, 2.45) is 0 Å². The summed E-state index contributed by atoms with van der Waals surface area (Å²) in [5.74, 6) is 0.744. The summed E-state index contributed by atoms with van der Waals surface area (Å²) in [6.07, 6.45) is 0.424. The van der Waals surface area contributed by atoms with Gasteiger partial charge in [0.2, 0.25) is 5.91 Å². The van der Waals surface area contributed by atoms with E-state index in [2.05, 4.69) is 24.5 Å². The van der Waals surface area contributed by atoms with Crippen LogP contribution in [0, 0.1) is 5.82 Å². The lowest BCUT2D eigenvalue weighted by Gasteiger charge is -2.18. The van der Waals surface area contributed by atoms with Gasteiger partial charge in [0.05, 0.1) is 11.0 Å². The molecule has 0 spiro atoms. The van der Waals surface area contributed by atoms with Gasteiger partial charge < -0.3 is 9.47 Å². The number of rotatable bonds is 3. The molecule has 0 bridgehead atoms. The fourth-order valence-electron chi connectivity index (χ4n) is 3.64. The van der Waals surface area contributed by atoms with Crippen molar-refractivity contribution >= 4 is 22.6 Å². The summed E-state index contributed by atoms with van der Waals surface area (Å²) in [5.41, 5.74) is 2.79. The molecule has 1 unspecified atom stereocenters. The molecule has 0 saturated carbocycles. The molecule has 1 aliphatic rings. The molecule has 0 N–H and O–H groups in total. The molecule has 1 fully saturated rings. The standard InChI is InChI=1S/C20H20FN3O/c1-13(2)24-18-6-4-3-5-17(18)22-20(24)14-11-19(25)23(12-14)16-9-7-15(21)8-10-16/h3-10,13-14H,11-12H2,1-2H3. The summed E-state index contributed by atoms with van der Waals surface area (Å²) in [5, 5.41) is 0. The van der Waals surface area contributed by atoms with Gasteiger partial charge in [-0.3, -0.25) is 4.79 Å². The van der Waals surface area contributed by atoms with Crippen molar-refractivity contribution in [3.63, 3.8) is 0 Å². The molecule has 1 aromatic heterocycles. The lowest BCUT2D eigenvalue weighted by atomic mass is 10.1. The first-order valence-corrected chi connectivity index (χ1v) is 8.57. The van der Waals surface area contributed by atoms with E-state index in [0.717, 1.165) is 22.5 Å². The lowest BCUT2D eigenvalue weighted by Crippen LogP contribution is -2.24. The van der Waals surface area contributed by atoms with Crippen LogP contribution in [0.1, 0.15) is 38.1 Å². The smallest absolute Gasteiger partial charge is 0.227 e. The predicted octanol–water partition coefficient (Wildman–Crippen LogP) is 4.28. The van der Waals surface area contributed by atoms with Gasteiger partial charge in [-0.1, -0.05) is 12.1 Å². The van der Waals surface area contributed by atoms with Gasteiger partial charge in [0.15, 0.2) is 0 Å². The second kappa shape index (κ2) is 5.99. The molecule has 1 aliphatic heterocycles. The number of anilines is 1. The Labute approximate surface area is 145 Å². The number of fused-ring (bicyclic) bond motifs is 1. The maximum absolute atomic E-state index is 13.2. The topological polar surface area (TPSA) is 38.1 Å². The molecular formula is C20H20FN3O. The number of halogens is 1. The molecule has 5 heteroatoms. The average molecular weight is 337 g/mol. The number of hydrogen-bond donors (Lipinski definition) is 0. The van der Waals surface area contributed by atoms with Crippen LogP contribution in [0.5, 0.6) is 0 Å². The largest absolute Gasteiger partial charge is 0.325 e. The summed E-state index contributed by atoms with van der Waals surface area (Å²) in [6.45, 7) is 4.83. The molecule has 2 aromatic carbocycles. The lowest BCUT2D eigenvalue weighted by molar-refractivity contribution is -0.117. The third-order valence-corrected chi connectivity index (χ3v) is 4.77. The van der Waals surface area contributed by atoms with Gasteiger partial charge in [-0.15, -0.1) is 0 Å². The summed E-state index contributed by atoms with van der Waals surface area (Å²) in [6, 6.07) is 14.4. The van der Waals surface area contributed by atoms with Crippen molar-refractivity contribution in [2.75, 3.05) is 11.4 Å². The van der Waals surface area contributed by atoms with E-state index >= 15 is 0 Å². The average Bonchev–Trinajstić information content (AvgIpc) is 3.16. The molecule has 3 aromatic rings. The fraction of sp³-hybridized carbons (Fsp3) is 0.300. The molecule has 128 valence electrons. The predicted molar refractivity (Wildman–Crippen MR) is 96.2 cm³/mol. The quantitative estimate of drug-likeness (QED) is 0.715. The summed E-state index contributed by atoms with van der Waals surface area (Å²) in [4.78, 5) is 19.1. The van der Waals surface area contributed by atoms with Crippen molar-refractivity contribution in [1.82, 2.24) is 9.55 Å². The number of nitrogens with zero attached hydrogens (tertiary/aromatic N) is 3. The normalized spacial score (nSPS) is 17.8. The van der Waals surface area contributed by atoms with E-state index in [1.165, 1.54) is 12.1 Å². The van der Waals surface area contributed by atoms with Crippen molar-refractivity contribution in [3.05, 3.63) is 60.2 Å². The Morgan fingerprint density at radius 3 is 2.56 bits per heavy atom. The maximum atomic E-state index is 13.2. The van der Waals surface area contributed by atoms with Crippen LogP contribution in [0.3, 0.4) is 0 Å². The van der Waals surface area contributed by atoms with Crippen LogP contribution in [0.15, 0.2) is 48.5 Å². The minimum absolute atomic E-state index is 0.0346. The molecule has 1 amide bonds. The Kier molecular flexibility index (Phi) is 3.79. The molecule has 2 heterocycles. The Bertz CT molecular complexity index is 930. The molecular weight excluding hydrogens is 317 g/mol. The fourth-order valence-corrected chi connectivity index (χ4v) is 3.64. The van der Waals surface area contributed by atoms with E-state index < -0.39 is 0 Å². The van der Waals surface area contributed by atoms with Gasteiger partial charge in [0, 0.05) is 30.6 Å².